The number of unbranched alkanes of at least 4 members (excludes halogenated alkanes) is 2. The van der Waals surface area contributed by atoms with Gasteiger partial charge in [0, 0.05) is 31.5 Å². The monoisotopic (exact) mass is 557 g/mol. The lowest BCUT2D eigenvalue weighted by atomic mass is 10.1. The Morgan fingerprint density at radius 3 is 2.40 bits per heavy atom. The summed E-state index contributed by atoms with van der Waals surface area (Å²) < 4.78 is 29.2. The smallest absolute Gasteiger partial charge is 0.249 e. The number of aromatic nitrogens is 2. The highest BCUT2D eigenvalue weighted by Gasteiger charge is 2.25. The molecule has 1 unspecified atom stereocenters. The first-order valence-corrected chi connectivity index (χ1v) is 14.7. The van der Waals surface area contributed by atoms with Crippen molar-refractivity contribution < 1.29 is 13.9 Å². The van der Waals surface area contributed by atoms with Crippen LogP contribution in [0.4, 0.5) is 14.6 Å². The molecule has 8 heteroatoms. The van der Waals surface area contributed by atoms with E-state index in [1.165, 1.54) is 6.92 Å². The first-order chi connectivity index (χ1) is 19.3. The first kappa shape index (κ1) is 33.2. The molecule has 1 atom stereocenters. The summed E-state index contributed by atoms with van der Waals surface area (Å²) in [7, 11) is 0. The maximum absolute atomic E-state index is 13.6. The van der Waals surface area contributed by atoms with Gasteiger partial charge in [0.25, 0.3) is 0 Å². The SMILES string of the molecule is CC/C=C\C(=C/CCC)c1nn(-c2ccccc2)c(N/C(=C/CCC)NC(CO)CNCCC(F)(F)CC)c1C. The van der Waals surface area contributed by atoms with Crippen LogP contribution in [0.1, 0.15) is 83.9 Å². The van der Waals surface area contributed by atoms with Crippen molar-refractivity contribution in [3.05, 3.63) is 71.7 Å². The lowest BCUT2D eigenvalue weighted by Crippen LogP contribution is -2.43. The standard InChI is InChI=1S/C32H49F2N5O/c1-6-10-16-26(17-11-7-2)30-25(5)31(39(38-30)28-18-14-13-15-19-28)37-29(20-12-8-3)36-27(24-40)23-35-22-21-32(33,34)9-4/h10,13-20,27,35-37,40H,6-9,11-12,21-24H2,1-5H3/b16-10-,26-17+,29-20+. The molecule has 2 aromatic rings. The van der Waals surface area contributed by atoms with E-state index in [0.717, 1.165) is 66.3 Å². The molecule has 1 aromatic heterocycles. The molecule has 0 amide bonds. The van der Waals surface area contributed by atoms with Gasteiger partial charge in [-0.05, 0) is 50.0 Å². The number of nitrogens with one attached hydrogen (secondary N) is 3. The van der Waals surface area contributed by atoms with Crippen molar-refractivity contribution in [3.63, 3.8) is 0 Å². The van der Waals surface area contributed by atoms with E-state index in [1.54, 1.807) is 0 Å². The highest BCUT2D eigenvalue weighted by molar-refractivity contribution is 5.77. The Morgan fingerprint density at radius 2 is 1.77 bits per heavy atom. The number of hydrogen-bond donors (Lipinski definition) is 4. The molecule has 0 aliphatic heterocycles. The van der Waals surface area contributed by atoms with Crippen LogP contribution in [0.25, 0.3) is 11.3 Å². The van der Waals surface area contributed by atoms with Crippen molar-refractivity contribution in [1.29, 1.82) is 0 Å². The van der Waals surface area contributed by atoms with Crippen LogP contribution in [0.3, 0.4) is 0 Å². The van der Waals surface area contributed by atoms with Crippen LogP contribution in [-0.2, 0) is 0 Å². The molecule has 1 aromatic carbocycles. The molecule has 0 aliphatic rings. The fraction of sp³-hybridized carbons (Fsp3) is 0.531. The number of rotatable bonds is 19. The van der Waals surface area contributed by atoms with Crippen molar-refractivity contribution >= 4 is 11.4 Å². The van der Waals surface area contributed by atoms with Crippen molar-refractivity contribution in [1.82, 2.24) is 20.4 Å². The van der Waals surface area contributed by atoms with Gasteiger partial charge in [-0.3, -0.25) is 0 Å². The summed E-state index contributed by atoms with van der Waals surface area (Å²) in [6.07, 6.45) is 12.9. The lowest BCUT2D eigenvalue weighted by Gasteiger charge is -2.23. The van der Waals surface area contributed by atoms with Gasteiger partial charge in [0.1, 0.15) is 11.6 Å². The Hall–Kier alpha value is -2.97. The van der Waals surface area contributed by atoms with Gasteiger partial charge < -0.3 is 21.1 Å². The molecule has 0 saturated heterocycles. The van der Waals surface area contributed by atoms with Crippen LogP contribution in [0, 0.1) is 6.92 Å². The van der Waals surface area contributed by atoms with E-state index in [-0.39, 0.29) is 32.0 Å². The molecule has 0 aliphatic carbocycles. The summed E-state index contributed by atoms with van der Waals surface area (Å²) in [6.45, 7) is 10.3. The minimum absolute atomic E-state index is 0.143. The van der Waals surface area contributed by atoms with Crippen molar-refractivity contribution in [2.24, 2.45) is 0 Å². The number of anilines is 1. The zero-order valence-corrected chi connectivity index (χ0v) is 24.9. The third kappa shape index (κ3) is 10.5. The van der Waals surface area contributed by atoms with Crippen LogP contribution in [-0.4, -0.2) is 46.5 Å². The minimum Gasteiger partial charge on any atom is -0.394 e. The lowest BCUT2D eigenvalue weighted by molar-refractivity contribution is -0.0109. The maximum Gasteiger partial charge on any atom is 0.249 e. The molecule has 2 rings (SSSR count). The second kappa shape index (κ2) is 17.7. The highest BCUT2D eigenvalue weighted by Crippen LogP contribution is 2.30. The topological polar surface area (TPSA) is 74.1 Å². The largest absolute Gasteiger partial charge is 0.394 e. The predicted molar refractivity (Wildman–Crippen MR) is 164 cm³/mol. The minimum atomic E-state index is -2.68. The van der Waals surface area contributed by atoms with E-state index in [0.29, 0.717) is 6.54 Å². The van der Waals surface area contributed by atoms with E-state index < -0.39 is 5.92 Å². The summed E-state index contributed by atoms with van der Waals surface area (Å²) in [5.41, 5.74) is 3.95. The Bertz CT molecular complexity index is 1090. The molecule has 1 heterocycles. The highest BCUT2D eigenvalue weighted by atomic mass is 19.3. The normalized spacial score (nSPS) is 13.7. The average molecular weight is 558 g/mol. The number of alkyl halides is 2. The number of benzene rings is 1. The Labute approximate surface area is 239 Å². The summed E-state index contributed by atoms with van der Waals surface area (Å²) in [4.78, 5) is 0. The van der Waals surface area contributed by atoms with Crippen LogP contribution in [0.5, 0.6) is 0 Å². The van der Waals surface area contributed by atoms with Crippen LogP contribution < -0.4 is 16.0 Å². The van der Waals surface area contributed by atoms with E-state index in [4.69, 9.17) is 5.10 Å². The van der Waals surface area contributed by atoms with Gasteiger partial charge in [0.15, 0.2) is 0 Å². The summed E-state index contributed by atoms with van der Waals surface area (Å²) in [5.74, 6) is -1.10. The summed E-state index contributed by atoms with van der Waals surface area (Å²) >= 11 is 0. The van der Waals surface area contributed by atoms with Gasteiger partial charge in [-0.2, -0.15) is 5.10 Å². The number of nitrogens with zero attached hydrogens (tertiary/aromatic N) is 2. The zero-order valence-electron chi connectivity index (χ0n) is 24.9. The van der Waals surface area contributed by atoms with Crippen molar-refractivity contribution in [3.8, 4) is 5.69 Å². The number of aliphatic hydroxyl groups is 1. The second-order valence-corrected chi connectivity index (χ2v) is 10.0. The van der Waals surface area contributed by atoms with Gasteiger partial charge in [-0.25, -0.2) is 13.5 Å². The second-order valence-electron chi connectivity index (χ2n) is 10.0. The molecule has 0 bridgehead atoms. The van der Waals surface area contributed by atoms with Gasteiger partial charge in [0.2, 0.25) is 5.92 Å². The number of allylic oxidation sites excluding steroid dienone is 5. The van der Waals surface area contributed by atoms with Crippen molar-refractivity contribution in [2.45, 2.75) is 91.5 Å². The molecule has 4 N–H and O–H groups in total. The molecule has 0 fully saturated rings. The molecule has 222 valence electrons. The first-order valence-electron chi connectivity index (χ1n) is 14.7. The van der Waals surface area contributed by atoms with E-state index in [1.807, 2.05) is 35.0 Å². The Kier molecular flexibility index (Phi) is 14.7. The fourth-order valence-corrected chi connectivity index (χ4v) is 4.13. The fourth-order valence-electron chi connectivity index (χ4n) is 4.13. The number of aliphatic hydroxyl groups excluding tert-OH is 1. The van der Waals surface area contributed by atoms with Gasteiger partial charge in [0.05, 0.1) is 24.0 Å². The van der Waals surface area contributed by atoms with Crippen molar-refractivity contribution in [2.75, 3.05) is 25.0 Å². The molecule has 0 saturated carbocycles. The number of para-hydroxylation sites is 1. The molecule has 0 radical (unpaired) electrons. The van der Waals surface area contributed by atoms with Crippen LogP contribution in [0.15, 0.2) is 60.5 Å². The quantitative estimate of drug-likeness (QED) is 0.107. The molecule has 0 spiro atoms. The van der Waals surface area contributed by atoms with E-state index in [9.17, 15) is 13.9 Å². The van der Waals surface area contributed by atoms with E-state index >= 15 is 0 Å². The molecular weight excluding hydrogens is 508 g/mol. The summed E-state index contributed by atoms with van der Waals surface area (Å²) in [6, 6.07) is 9.65. The van der Waals surface area contributed by atoms with Gasteiger partial charge in [-0.1, -0.05) is 77.0 Å². The van der Waals surface area contributed by atoms with Crippen LogP contribution in [0.2, 0.25) is 0 Å². The average Bonchev–Trinajstić information content (AvgIpc) is 3.29. The molecule has 6 nitrogen and oxygen atoms in total. The third-order valence-corrected chi connectivity index (χ3v) is 6.63. The van der Waals surface area contributed by atoms with Crippen LogP contribution >= 0.6 is 0 Å². The number of halogens is 2. The third-order valence-electron chi connectivity index (χ3n) is 6.63. The Morgan fingerprint density at radius 1 is 1.07 bits per heavy atom. The maximum atomic E-state index is 13.6. The van der Waals surface area contributed by atoms with E-state index in [2.05, 4.69) is 67.9 Å². The number of hydrogen-bond acceptors (Lipinski definition) is 5. The van der Waals surface area contributed by atoms with Gasteiger partial charge in [-0.15, -0.1) is 0 Å². The molecule has 40 heavy (non-hydrogen) atoms. The summed E-state index contributed by atoms with van der Waals surface area (Å²) in [5, 5.41) is 25.1. The van der Waals surface area contributed by atoms with Gasteiger partial charge >= 0.3 is 0 Å². The predicted octanol–water partition coefficient (Wildman–Crippen LogP) is 7.36. The Balaban J connectivity index is 2.40. The zero-order chi connectivity index (χ0) is 29.4. The molecular formula is C32H49F2N5O.